The third-order valence-electron chi connectivity index (χ3n) is 4.68. The largest absolute Gasteiger partial charge is 0.326 e. The highest BCUT2D eigenvalue weighted by Crippen LogP contribution is 2.28. The number of aromatic nitrogens is 3. The minimum absolute atomic E-state index is 0.0712. The summed E-state index contributed by atoms with van der Waals surface area (Å²) in [6.07, 6.45) is 0. The van der Waals surface area contributed by atoms with Crippen LogP contribution >= 0.6 is 0 Å². The second kappa shape index (κ2) is 7.99. The number of benzene rings is 2. The molecule has 0 atom stereocenters. The third-order valence-corrected chi connectivity index (χ3v) is 6.03. The Kier molecular flexibility index (Phi) is 5.36. The Labute approximate surface area is 180 Å². The van der Waals surface area contributed by atoms with Crippen LogP contribution in [-0.4, -0.2) is 29.1 Å². The van der Waals surface area contributed by atoms with Gasteiger partial charge in [0, 0.05) is 24.5 Å². The van der Waals surface area contributed by atoms with E-state index in [2.05, 4.69) is 29.0 Å². The van der Waals surface area contributed by atoms with E-state index < -0.39 is 10.0 Å². The monoisotopic (exact) mass is 437 g/mol. The van der Waals surface area contributed by atoms with Crippen molar-refractivity contribution in [2.24, 2.45) is 5.92 Å². The van der Waals surface area contributed by atoms with Crippen molar-refractivity contribution in [3.05, 3.63) is 54.6 Å². The highest BCUT2D eigenvalue weighted by molar-refractivity contribution is 7.92. The van der Waals surface area contributed by atoms with Crippen molar-refractivity contribution in [3.63, 3.8) is 0 Å². The number of nitrogens with zero attached hydrogens (tertiary/aromatic N) is 3. The smallest absolute Gasteiger partial charge is 0.263 e. The molecule has 0 aliphatic carbocycles. The van der Waals surface area contributed by atoms with Crippen LogP contribution in [0.25, 0.3) is 21.9 Å². The van der Waals surface area contributed by atoms with Crippen LogP contribution in [0.15, 0.2) is 59.5 Å². The summed E-state index contributed by atoms with van der Waals surface area (Å²) in [5, 5.41) is 8.68. The highest BCUT2D eigenvalue weighted by atomic mass is 32.2. The van der Waals surface area contributed by atoms with Crippen LogP contribution in [0.1, 0.15) is 20.8 Å². The van der Waals surface area contributed by atoms with Crippen LogP contribution < -0.4 is 10.0 Å². The summed E-state index contributed by atoms with van der Waals surface area (Å²) < 4.78 is 30.4. The molecule has 160 valence electrons. The lowest BCUT2D eigenvalue weighted by Gasteiger charge is -2.08. The van der Waals surface area contributed by atoms with Crippen molar-refractivity contribution < 1.29 is 13.2 Å². The second-order valence-corrected chi connectivity index (χ2v) is 9.47. The van der Waals surface area contributed by atoms with Crippen LogP contribution in [-0.2, 0) is 21.4 Å². The fraction of sp³-hybridized carbons (Fsp3) is 0.227. The Morgan fingerprint density at radius 1 is 1.10 bits per heavy atom. The average Bonchev–Trinajstić information content (AvgIpc) is 3.01. The second-order valence-electron chi connectivity index (χ2n) is 7.79. The lowest BCUT2D eigenvalue weighted by atomic mass is 10.2. The average molecular weight is 438 g/mol. The minimum Gasteiger partial charge on any atom is -0.326 e. The molecule has 0 aliphatic rings. The van der Waals surface area contributed by atoms with Crippen molar-refractivity contribution in [1.29, 1.82) is 0 Å². The maximum Gasteiger partial charge on any atom is 0.263 e. The van der Waals surface area contributed by atoms with Crippen LogP contribution in [0.3, 0.4) is 0 Å². The lowest BCUT2D eigenvalue weighted by molar-refractivity contribution is -0.114. The molecule has 1 amide bonds. The SMILES string of the molecule is CC(=O)Nc1ccc(S(=O)(=O)Nc2nn(CC(C)C)c3nc4ccccc4cc23)cc1. The first-order valence-corrected chi connectivity index (χ1v) is 11.4. The molecule has 4 rings (SSSR count). The van der Waals surface area contributed by atoms with Crippen molar-refractivity contribution in [1.82, 2.24) is 14.8 Å². The van der Waals surface area contributed by atoms with E-state index in [1.165, 1.54) is 19.1 Å². The number of hydrogen-bond acceptors (Lipinski definition) is 5. The number of nitrogens with one attached hydrogen (secondary N) is 2. The lowest BCUT2D eigenvalue weighted by Crippen LogP contribution is -2.14. The van der Waals surface area contributed by atoms with Gasteiger partial charge in [0.15, 0.2) is 11.5 Å². The Morgan fingerprint density at radius 2 is 1.81 bits per heavy atom. The van der Waals surface area contributed by atoms with Crippen LogP contribution in [0, 0.1) is 5.92 Å². The van der Waals surface area contributed by atoms with Gasteiger partial charge in [-0.1, -0.05) is 32.0 Å². The van der Waals surface area contributed by atoms with Gasteiger partial charge in [-0.3, -0.25) is 9.52 Å². The zero-order valence-electron chi connectivity index (χ0n) is 17.5. The number of para-hydroxylation sites is 1. The van der Waals surface area contributed by atoms with Gasteiger partial charge in [0.25, 0.3) is 10.0 Å². The standard InChI is InChI=1S/C22H23N5O3S/c1-14(2)13-27-22-19(12-16-6-4-5-7-20(16)24-22)21(25-27)26-31(29,30)18-10-8-17(9-11-18)23-15(3)28/h4-12,14H,13H2,1-3H3,(H,23,28)(H,25,26). The zero-order valence-corrected chi connectivity index (χ0v) is 18.3. The van der Waals surface area contributed by atoms with Gasteiger partial charge in [0.2, 0.25) is 5.91 Å². The predicted molar refractivity (Wildman–Crippen MR) is 121 cm³/mol. The summed E-state index contributed by atoms with van der Waals surface area (Å²) in [7, 11) is -3.88. The highest BCUT2D eigenvalue weighted by Gasteiger charge is 2.21. The van der Waals surface area contributed by atoms with Gasteiger partial charge in [0.1, 0.15) is 0 Å². The van der Waals surface area contributed by atoms with Gasteiger partial charge in [-0.25, -0.2) is 18.1 Å². The number of anilines is 2. The Hall–Kier alpha value is -3.46. The number of carbonyl (C=O) groups is 1. The zero-order chi connectivity index (χ0) is 22.2. The first-order valence-electron chi connectivity index (χ1n) is 9.90. The molecule has 0 spiro atoms. The summed E-state index contributed by atoms with van der Waals surface area (Å²) in [6, 6.07) is 15.5. The molecule has 0 saturated carbocycles. The van der Waals surface area contributed by atoms with E-state index in [4.69, 9.17) is 4.98 Å². The number of rotatable bonds is 6. The maximum atomic E-state index is 13.0. The van der Waals surface area contributed by atoms with Gasteiger partial charge in [0.05, 0.1) is 15.8 Å². The number of carbonyl (C=O) groups excluding carboxylic acids is 1. The molecule has 0 aliphatic heterocycles. The molecular weight excluding hydrogens is 414 g/mol. The molecule has 2 heterocycles. The number of pyridine rings is 1. The normalized spacial score (nSPS) is 11.9. The van der Waals surface area contributed by atoms with Gasteiger partial charge in [-0.2, -0.15) is 5.10 Å². The molecule has 2 N–H and O–H groups in total. The molecule has 0 fully saturated rings. The van der Waals surface area contributed by atoms with Gasteiger partial charge in [-0.05, 0) is 42.3 Å². The molecule has 2 aromatic carbocycles. The first kappa shape index (κ1) is 20.8. The quantitative estimate of drug-likeness (QED) is 0.474. The van der Waals surface area contributed by atoms with Crippen molar-refractivity contribution in [2.45, 2.75) is 32.2 Å². The third kappa shape index (κ3) is 4.36. The summed E-state index contributed by atoms with van der Waals surface area (Å²) in [4.78, 5) is 16.0. The van der Waals surface area contributed by atoms with Crippen LogP contribution in [0.2, 0.25) is 0 Å². The van der Waals surface area contributed by atoms with Crippen LogP contribution in [0.4, 0.5) is 11.5 Å². The first-order chi connectivity index (χ1) is 14.7. The number of fused-ring (bicyclic) bond motifs is 2. The van der Waals surface area contributed by atoms with Gasteiger partial charge in [-0.15, -0.1) is 0 Å². The number of hydrogen-bond donors (Lipinski definition) is 2. The minimum atomic E-state index is -3.88. The molecule has 31 heavy (non-hydrogen) atoms. The Balaban J connectivity index is 1.76. The Morgan fingerprint density at radius 3 is 2.48 bits per heavy atom. The molecule has 9 heteroatoms. The summed E-state index contributed by atoms with van der Waals surface area (Å²) in [5.74, 6) is 0.317. The molecule has 4 aromatic rings. The molecule has 0 saturated heterocycles. The molecule has 2 aromatic heterocycles. The number of amides is 1. The molecular formula is C22H23N5O3S. The molecule has 0 unspecified atom stereocenters. The van der Waals surface area contributed by atoms with Crippen molar-refractivity contribution in [3.8, 4) is 0 Å². The fourth-order valence-electron chi connectivity index (χ4n) is 3.35. The van der Waals surface area contributed by atoms with E-state index in [-0.39, 0.29) is 16.6 Å². The molecule has 8 nitrogen and oxygen atoms in total. The van der Waals surface area contributed by atoms with E-state index in [0.29, 0.717) is 29.2 Å². The number of sulfonamides is 1. The summed E-state index contributed by atoms with van der Waals surface area (Å²) in [5.41, 5.74) is 1.97. The van der Waals surface area contributed by atoms with Gasteiger partial charge >= 0.3 is 0 Å². The predicted octanol–water partition coefficient (Wildman–Crippen LogP) is 4.00. The van der Waals surface area contributed by atoms with E-state index in [9.17, 15) is 13.2 Å². The van der Waals surface area contributed by atoms with E-state index >= 15 is 0 Å². The van der Waals surface area contributed by atoms with Gasteiger partial charge < -0.3 is 5.32 Å². The van der Waals surface area contributed by atoms with E-state index in [0.717, 1.165) is 10.9 Å². The van der Waals surface area contributed by atoms with Crippen LogP contribution in [0.5, 0.6) is 0 Å². The molecule has 0 radical (unpaired) electrons. The van der Waals surface area contributed by atoms with E-state index in [1.807, 2.05) is 30.3 Å². The fourth-order valence-corrected chi connectivity index (χ4v) is 4.37. The Bertz CT molecular complexity index is 1380. The summed E-state index contributed by atoms with van der Waals surface area (Å²) in [6.45, 7) is 6.13. The molecule has 0 bridgehead atoms. The summed E-state index contributed by atoms with van der Waals surface area (Å²) >= 11 is 0. The maximum absolute atomic E-state index is 13.0. The van der Waals surface area contributed by atoms with Crippen molar-refractivity contribution in [2.75, 3.05) is 10.0 Å². The van der Waals surface area contributed by atoms with Crippen molar-refractivity contribution >= 4 is 49.4 Å². The van der Waals surface area contributed by atoms with E-state index in [1.54, 1.807) is 16.8 Å². The topological polar surface area (TPSA) is 106 Å².